The number of aryl methyl sites for hydroxylation is 1. The van der Waals surface area contributed by atoms with Crippen molar-refractivity contribution in [2.75, 3.05) is 31.1 Å². The number of nitrogens with one attached hydrogen (secondary N) is 2. The molecule has 0 aliphatic carbocycles. The van der Waals surface area contributed by atoms with E-state index in [1.54, 1.807) is 0 Å². The van der Waals surface area contributed by atoms with Crippen molar-refractivity contribution in [1.29, 1.82) is 0 Å². The largest absolute Gasteiger partial charge is 0.388 e. The van der Waals surface area contributed by atoms with Crippen LogP contribution in [0.3, 0.4) is 0 Å². The van der Waals surface area contributed by atoms with Gasteiger partial charge in [0.05, 0.1) is 6.10 Å². The third-order valence-corrected chi connectivity index (χ3v) is 5.02. The number of guanidine groups is 1. The number of para-hydroxylation sites is 1. The lowest BCUT2D eigenvalue weighted by Crippen LogP contribution is -2.41. The molecule has 1 aliphatic heterocycles. The second-order valence-corrected chi connectivity index (χ2v) is 7.11. The summed E-state index contributed by atoms with van der Waals surface area (Å²) < 4.78 is 0. The molecule has 2 aromatic carbocycles. The summed E-state index contributed by atoms with van der Waals surface area (Å²) in [5.74, 6) is 0.588. The van der Waals surface area contributed by atoms with Crippen molar-refractivity contribution in [1.82, 2.24) is 10.6 Å². The van der Waals surface area contributed by atoms with Gasteiger partial charge in [0.1, 0.15) is 6.54 Å². The Balaban J connectivity index is 0.00000320. The Morgan fingerprint density at radius 3 is 2.63 bits per heavy atom. The standard InChI is InChI=1S/C23H30N4O2.HI/c1-2-24-23(25-15-14-21(28)19-10-4-3-5-11-19)26-17-22(29)27-16-8-12-18-9-6-7-13-20(18)27;/h3-7,9-11,13,21,28H,2,8,12,14-17H2,1H3,(H2,24,25,26);1H. The van der Waals surface area contributed by atoms with Gasteiger partial charge in [0.25, 0.3) is 0 Å². The topological polar surface area (TPSA) is 77.0 Å². The maximum absolute atomic E-state index is 12.8. The number of fused-ring (bicyclic) bond motifs is 1. The molecule has 1 heterocycles. The minimum Gasteiger partial charge on any atom is -0.388 e. The van der Waals surface area contributed by atoms with Gasteiger partial charge in [-0.1, -0.05) is 48.5 Å². The van der Waals surface area contributed by atoms with Gasteiger partial charge in [0.15, 0.2) is 5.96 Å². The number of halogens is 1. The highest BCUT2D eigenvalue weighted by atomic mass is 127. The summed E-state index contributed by atoms with van der Waals surface area (Å²) in [4.78, 5) is 19.1. The van der Waals surface area contributed by atoms with Gasteiger partial charge in [-0.15, -0.1) is 24.0 Å². The number of anilines is 1. The lowest BCUT2D eigenvalue weighted by atomic mass is 10.0. The van der Waals surface area contributed by atoms with Crippen LogP contribution in [0.4, 0.5) is 5.69 Å². The maximum Gasteiger partial charge on any atom is 0.248 e. The molecule has 7 heteroatoms. The molecule has 2 aromatic rings. The van der Waals surface area contributed by atoms with E-state index >= 15 is 0 Å². The molecule has 6 nitrogen and oxygen atoms in total. The van der Waals surface area contributed by atoms with Gasteiger partial charge >= 0.3 is 0 Å². The molecule has 1 unspecified atom stereocenters. The molecule has 30 heavy (non-hydrogen) atoms. The first kappa shape index (κ1) is 24.1. The van der Waals surface area contributed by atoms with Gasteiger partial charge in [0, 0.05) is 25.3 Å². The van der Waals surface area contributed by atoms with E-state index in [1.165, 1.54) is 5.56 Å². The minimum absolute atomic E-state index is 0. The van der Waals surface area contributed by atoms with E-state index in [0.717, 1.165) is 30.6 Å². The van der Waals surface area contributed by atoms with E-state index in [1.807, 2.05) is 60.4 Å². The van der Waals surface area contributed by atoms with Gasteiger partial charge in [-0.3, -0.25) is 4.79 Å². The van der Waals surface area contributed by atoms with Crippen LogP contribution in [0.1, 0.15) is 37.0 Å². The third kappa shape index (κ3) is 6.70. The van der Waals surface area contributed by atoms with Gasteiger partial charge < -0.3 is 20.6 Å². The van der Waals surface area contributed by atoms with Crippen molar-refractivity contribution in [2.24, 2.45) is 4.99 Å². The number of amides is 1. The molecule has 0 aromatic heterocycles. The Morgan fingerprint density at radius 2 is 1.87 bits per heavy atom. The zero-order valence-electron chi connectivity index (χ0n) is 17.4. The van der Waals surface area contributed by atoms with Crippen LogP contribution in [-0.4, -0.2) is 43.2 Å². The molecule has 3 rings (SSSR count). The second-order valence-electron chi connectivity index (χ2n) is 7.11. The quantitative estimate of drug-likeness (QED) is 0.297. The van der Waals surface area contributed by atoms with E-state index < -0.39 is 6.10 Å². The predicted molar refractivity (Wildman–Crippen MR) is 133 cm³/mol. The summed E-state index contributed by atoms with van der Waals surface area (Å²) in [6.07, 6.45) is 2.01. The third-order valence-electron chi connectivity index (χ3n) is 5.02. The minimum atomic E-state index is -0.530. The van der Waals surface area contributed by atoms with E-state index in [9.17, 15) is 9.90 Å². The molecule has 0 saturated heterocycles. The molecule has 1 aliphatic rings. The summed E-state index contributed by atoms with van der Waals surface area (Å²) in [6, 6.07) is 17.7. The molecule has 0 fully saturated rings. The van der Waals surface area contributed by atoms with Gasteiger partial charge in [-0.2, -0.15) is 0 Å². The fraction of sp³-hybridized carbons (Fsp3) is 0.391. The smallest absolute Gasteiger partial charge is 0.248 e. The van der Waals surface area contributed by atoms with Crippen molar-refractivity contribution in [3.8, 4) is 0 Å². The number of carbonyl (C=O) groups excluding carboxylic acids is 1. The molecule has 0 spiro atoms. The van der Waals surface area contributed by atoms with Crippen molar-refractivity contribution >= 4 is 41.5 Å². The van der Waals surface area contributed by atoms with E-state index in [2.05, 4.69) is 21.7 Å². The average molecular weight is 522 g/mol. The predicted octanol–water partition coefficient (Wildman–Crippen LogP) is 3.26. The number of nitrogens with zero attached hydrogens (tertiary/aromatic N) is 2. The van der Waals surface area contributed by atoms with E-state index in [0.29, 0.717) is 25.5 Å². The van der Waals surface area contributed by atoms with Crippen LogP contribution in [0.15, 0.2) is 59.6 Å². The highest BCUT2D eigenvalue weighted by Crippen LogP contribution is 2.26. The molecule has 162 valence electrons. The van der Waals surface area contributed by atoms with Crippen molar-refractivity contribution in [3.05, 3.63) is 65.7 Å². The van der Waals surface area contributed by atoms with Gasteiger partial charge in [-0.25, -0.2) is 4.99 Å². The molecule has 0 bridgehead atoms. The SMILES string of the molecule is CCNC(=NCC(=O)N1CCCc2ccccc21)NCCC(O)c1ccccc1.I. The number of rotatable bonds is 7. The summed E-state index contributed by atoms with van der Waals surface area (Å²) >= 11 is 0. The first-order valence-corrected chi connectivity index (χ1v) is 10.3. The Bertz CT molecular complexity index is 829. The maximum atomic E-state index is 12.8. The van der Waals surface area contributed by atoms with Gasteiger partial charge in [-0.05, 0) is 43.4 Å². The summed E-state index contributed by atoms with van der Waals surface area (Å²) in [7, 11) is 0. The summed E-state index contributed by atoms with van der Waals surface area (Å²) in [5.41, 5.74) is 3.12. The molecule has 3 N–H and O–H groups in total. The van der Waals surface area contributed by atoms with Crippen LogP contribution in [0.2, 0.25) is 0 Å². The van der Waals surface area contributed by atoms with Crippen LogP contribution in [0.5, 0.6) is 0 Å². The highest BCUT2D eigenvalue weighted by Gasteiger charge is 2.21. The monoisotopic (exact) mass is 522 g/mol. The summed E-state index contributed by atoms with van der Waals surface area (Å²) in [6.45, 7) is 4.07. The Morgan fingerprint density at radius 1 is 1.13 bits per heavy atom. The normalized spacial score (nSPS) is 14.3. The first-order chi connectivity index (χ1) is 14.2. The Hall–Kier alpha value is -2.13. The van der Waals surface area contributed by atoms with E-state index in [-0.39, 0.29) is 36.4 Å². The number of aliphatic hydroxyl groups is 1. The Labute approximate surface area is 195 Å². The van der Waals surface area contributed by atoms with Crippen LogP contribution in [0.25, 0.3) is 0 Å². The number of benzene rings is 2. The van der Waals surface area contributed by atoms with Crippen LogP contribution < -0.4 is 15.5 Å². The molecular formula is C23H31IN4O2. The molecular weight excluding hydrogens is 491 g/mol. The lowest BCUT2D eigenvalue weighted by Gasteiger charge is -2.29. The Kier molecular flexibility index (Phi) is 10.1. The number of aliphatic imine (C=N–C) groups is 1. The summed E-state index contributed by atoms with van der Waals surface area (Å²) in [5, 5.41) is 16.7. The zero-order valence-corrected chi connectivity index (χ0v) is 19.7. The lowest BCUT2D eigenvalue weighted by molar-refractivity contribution is -0.117. The number of aliphatic hydroxyl groups excluding tert-OH is 1. The zero-order chi connectivity index (χ0) is 20.5. The number of carbonyl (C=O) groups is 1. The van der Waals surface area contributed by atoms with Crippen LogP contribution >= 0.6 is 24.0 Å². The average Bonchev–Trinajstić information content (AvgIpc) is 2.77. The molecule has 0 saturated carbocycles. The fourth-order valence-electron chi connectivity index (χ4n) is 3.54. The second kappa shape index (κ2) is 12.5. The van der Waals surface area contributed by atoms with Crippen LogP contribution in [-0.2, 0) is 11.2 Å². The number of hydrogen-bond acceptors (Lipinski definition) is 3. The molecule has 1 amide bonds. The van der Waals surface area contributed by atoms with Crippen molar-refractivity contribution < 1.29 is 9.90 Å². The van der Waals surface area contributed by atoms with Crippen LogP contribution in [0, 0.1) is 0 Å². The first-order valence-electron chi connectivity index (χ1n) is 10.3. The molecule has 1 atom stereocenters. The van der Waals surface area contributed by atoms with E-state index in [4.69, 9.17) is 0 Å². The van der Waals surface area contributed by atoms with Gasteiger partial charge in [0.2, 0.25) is 5.91 Å². The highest BCUT2D eigenvalue weighted by molar-refractivity contribution is 14.0. The molecule has 0 radical (unpaired) electrons. The number of hydrogen-bond donors (Lipinski definition) is 3. The van der Waals surface area contributed by atoms with Crippen molar-refractivity contribution in [3.63, 3.8) is 0 Å². The fourth-order valence-corrected chi connectivity index (χ4v) is 3.54. The van der Waals surface area contributed by atoms with Crippen molar-refractivity contribution in [2.45, 2.75) is 32.3 Å².